The zero-order valence-corrected chi connectivity index (χ0v) is 9.85. The van der Waals surface area contributed by atoms with Gasteiger partial charge >= 0.3 is 0 Å². The lowest BCUT2D eigenvalue weighted by Gasteiger charge is -2.20. The van der Waals surface area contributed by atoms with Crippen LogP contribution in [0.4, 0.5) is 0 Å². The predicted octanol–water partition coefficient (Wildman–Crippen LogP) is 1.94. The van der Waals surface area contributed by atoms with E-state index in [1.807, 2.05) is 13.0 Å². The molecule has 0 aromatic heterocycles. The third-order valence-corrected chi connectivity index (χ3v) is 2.95. The van der Waals surface area contributed by atoms with E-state index in [2.05, 4.69) is 6.92 Å². The van der Waals surface area contributed by atoms with Gasteiger partial charge in [0, 0.05) is 0 Å². The summed E-state index contributed by atoms with van der Waals surface area (Å²) in [7, 11) is 0. The molecule has 1 rings (SSSR count). The third-order valence-electron chi connectivity index (χ3n) is 2.95. The van der Waals surface area contributed by atoms with Crippen molar-refractivity contribution >= 4 is 0 Å². The molecule has 3 heteroatoms. The Morgan fingerprint density at radius 2 is 2.00 bits per heavy atom. The molecule has 0 saturated heterocycles. The first-order valence-electron chi connectivity index (χ1n) is 5.66. The van der Waals surface area contributed by atoms with Gasteiger partial charge in [-0.1, -0.05) is 13.0 Å². The smallest absolute Gasteiger partial charge is 0.115 e. The minimum absolute atomic E-state index is 0.201. The van der Waals surface area contributed by atoms with Gasteiger partial charge in [0.2, 0.25) is 0 Å². The molecular formula is C13H20O3. The van der Waals surface area contributed by atoms with Crippen LogP contribution in [0, 0.1) is 6.92 Å². The number of aliphatic hydroxyl groups excluding tert-OH is 2. The van der Waals surface area contributed by atoms with Crippen LogP contribution in [0.2, 0.25) is 0 Å². The minimum atomic E-state index is -0.668. The number of aryl methyl sites for hydroxylation is 1. The molecule has 0 aliphatic rings. The summed E-state index contributed by atoms with van der Waals surface area (Å²) in [6, 6.07) is 5.28. The molecule has 90 valence electrons. The standard InChI is InChI=1S/C13H20O3/c1-3-10(7-12(16)8-14)13-5-4-11(15)6-9(13)2/h4-6,10,12,14-16H,3,7-8H2,1-2H3. The summed E-state index contributed by atoms with van der Waals surface area (Å²) in [5, 5.41) is 27.6. The number of hydrogen-bond donors (Lipinski definition) is 3. The number of aliphatic hydroxyl groups is 2. The van der Waals surface area contributed by atoms with Crippen LogP contribution in [0.5, 0.6) is 5.75 Å². The molecule has 0 radical (unpaired) electrons. The Labute approximate surface area is 96.4 Å². The highest BCUT2D eigenvalue weighted by molar-refractivity contribution is 5.36. The molecular weight excluding hydrogens is 204 g/mol. The van der Waals surface area contributed by atoms with Crippen molar-refractivity contribution in [3.8, 4) is 5.75 Å². The summed E-state index contributed by atoms with van der Waals surface area (Å²) in [5.41, 5.74) is 2.16. The summed E-state index contributed by atoms with van der Waals surface area (Å²) in [6.45, 7) is 3.80. The van der Waals surface area contributed by atoms with Crippen LogP contribution >= 0.6 is 0 Å². The lowest BCUT2D eigenvalue weighted by Crippen LogP contribution is -2.16. The molecule has 3 nitrogen and oxygen atoms in total. The van der Waals surface area contributed by atoms with E-state index in [1.54, 1.807) is 12.1 Å². The largest absolute Gasteiger partial charge is 0.508 e. The normalized spacial score (nSPS) is 14.8. The topological polar surface area (TPSA) is 60.7 Å². The van der Waals surface area contributed by atoms with Crippen molar-refractivity contribution in [2.45, 2.75) is 38.7 Å². The molecule has 0 spiro atoms. The molecule has 0 bridgehead atoms. The fourth-order valence-electron chi connectivity index (χ4n) is 2.03. The fraction of sp³-hybridized carbons (Fsp3) is 0.538. The number of phenolic OH excluding ortho intramolecular Hbond substituents is 1. The maximum Gasteiger partial charge on any atom is 0.115 e. The predicted molar refractivity (Wildman–Crippen MR) is 63.6 cm³/mol. The van der Waals surface area contributed by atoms with E-state index in [1.165, 1.54) is 0 Å². The monoisotopic (exact) mass is 224 g/mol. The Kier molecular flexibility index (Phi) is 4.77. The summed E-state index contributed by atoms with van der Waals surface area (Å²) in [5.74, 6) is 0.488. The van der Waals surface area contributed by atoms with Crippen molar-refractivity contribution in [3.05, 3.63) is 29.3 Å². The molecule has 0 heterocycles. The quantitative estimate of drug-likeness (QED) is 0.716. The van der Waals surface area contributed by atoms with Crippen LogP contribution < -0.4 is 0 Å². The van der Waals surface area contributed by atoms with Gasteiger partial charge in [-0.3, -0.25) is 0 Å². The van der Waals surface area contributed by atoms with Gasteiger partial charge < -0.3 is 15.3 Å². The van der Waals surface area contributed by atoms with Crippen LogP contribution in [-0.4, -0.2) is 28.0 Å². The summed E-state index contributed by atoms with van der Waals surface area (Å²) >= 11 is 0. The van der Waals surface area contributed by atoms with Crippen LogP contribution in [0.3, 0.4) is 0 Å². The first-order chi connectivity index (χ1) is 7.58. The number of phenols is 1. The van der Waals surface area contributed by atoms with Crippen LogP contribution in [-0.2, 0) is 0 Å². The second-order valence-corrected chi connectivity index (χ2v) is 4.22. The van der Waals surface area contributed by atoms with Gasteiger partial charge in [0.05, 0.1) is 12.7 Å². The van der Waals surface area contributed by atoms with Gasteiger partial charge in [-0.05, 0) is 48.9 Å². The Morgan fingerprint density at radius 1 is 1.31 bits per heavy atom. The molecule has 1 aromatic carbocycles. The van der Waals surface area contributed by atoms with Crippen molar-refractivity contribution in [2.24, 2.45) is 0 Å². The first kappa shape index (κ1) is 13.0. The number of rotatable bonds is 5. The van der Waals surface area contributed by atoms with Gasteiger partial charge in [0.15, 0.2) is 0 Å². The number of benzene rings is 1. The highest BCUT2D eigenvalue weighted by Crippen LogP contribution is 2.29. The summed E-state index contributed by atoms with van der Waals surface area (Å²) < 4.78 is 0. The highest BCUT2D eigenvalue weighted by atomic mass is 16.3. The molecule has 2 unspecified atom stereocenters. The highest BCUT2D eigenvalue weighted by Gasteiger charge is 2.16. The van der Waals surface area contributed by atoms with Crippen molar-refractivity contribution in [3.63, 3.8) is 0 Å². The van der Waals surface area contributed by atoms with E-state index >= 15 is 0 Å². The first-order valence-corrected chi connectivity index (χ1v) is 5.66. The van der Waals surface area contributed by atoms with E-state index < -0.39 is 6.10 Å². The molecule has 1 aromatic rings. The SMILES string of the molecule is CCC(CC(O)CO)c1ccc(O)cc1C. The van der Waals surface area contributed by atoms with Crippen LogP contribution in [0.15, 0.2) is 18.2 Å². The van der Waals surface area contributed by atoms with E-state index in [0.29, 0.717) is 6.42 Å². The van der Waals surface area contributed by atoms with E-state index in [0.717, 1.165) is 17.5 Å². The van der Waals surface area contributed by atoms with Gasteiger partial charge in [0.1, 0.15) is 5.75 Å². The second-order valence-electron chi connectivity index (χ2n) is 4.22. The molecule has 2 atom stereocenters. The molecule has 0 fully saturated rings. The maximum absolute atomic E-state index is 9.47. The third kappa shape index (κ3) is 3.22. The van der Waals surface area contributed by atoms with E-state index in [4.69, 9.17) is 5.11 Å². The van der Waals surface area contributed by atoms with E-state index in [9.17, 15) is 10.2 Å². The van der Waals surface area contributed by atoms with E-state index in [-0.39, 0.29) is 18.3 Å². The molecule has 0 saturated carbocycles. The minimum Gasteiger partial charge on any atom is -0.508 e. The van der Waals surface area contributed by atoms with Gasteiger partial charge in [-0.2, -0.15) is 0 Å². The molecule has 16 heavy (non-hydrogen) atoms. The molecule has 0 aliphatic carbocycles. The molecule has 0 amide bonds. The fourth-order valence-corrected chi connectivity index (χ4v) is 2.03. The van der Waals surface area contributed by atoms with Gasteiger partial charge in [-0.15, -0.1) is 0 Å². The van der Waals surface area contributed by atoms with Crippen LogP contribution in [0.25, 0.3) is 0 Å². The van der Waals surface area contributed by atoms with Crippen molar-refractivity contribution in [2.75, 3.05) is 6.61 Å². The average molecular weight is 224 g/mol. The lowest BCUT2D eigenvalue weighted by atomic mass is 9.88. The summed E-state index contributed by atoms with van der Waals surface area (Å²) in [4.78, 5) is 0. The molecule has 0 aliphatic heterocycles. The number of hydrogen-bond acceptors (Lipinski definition) is 3. The van der Waals surface area contributed by atoms with Gasteiger partial charge in [0.25, 0.3) is 0 Å². The maximum atomic E-state index is 9.47. The summed E-state index contributed by atoms with van der Waals surface area (Å²) in [6.07, 6.45) is 0.791. The average Bonchev–Trinajstić information content (AvgIpc) is 2.26. The van der Waals surface area contributed by atoms with Crippen LogP contribution in [0.1, 0.15) is 36.8 Å². The van der Waals surface area contributed by atoms with Crippen molar-refractivity contribution in [1.29, 1.82) is 0 Å². The van der Waals surface area contributed by atoms with Gasteiger partial charge in [-0.25, -0.2) is 0 Å². The Morgan fingerprint density at radius 3 is 2.50 bits per heavy atom. The zero-order chi connectivity index (χ0) is 12.1. The number of aromatic hydroxyl groups is 1. The Balaban J connectivity index is 2.86. The van der Waals surface area contributed by atoms with Crippen molar-refractivity contribution in [1.82, 2.24) is 0 Å². The Bertz CT molecular complexity index is 336. The second kappa shape index (κ2) is 5.87. The lowest BCUT2D eigenvalue weighted by molar-refractivity contribution is 0.0817. The zero-order valence-electron chi connectivity index (χ0n) is 9.85. The Hall–Kier alpha value is -1.06. The van der Waals surface area contributed by atoms with Crippen molar-refractivity contribution < 1.29 is 15.3 Å². The molecule has 3 N–H and O–H groups in total.